The smallest absolute Gasteiger partial charge is 0.235 e. The van der Waals surface area contributed by atoms with Crippen LogP contribution in [0, 0.1) is 23.7 Å². The van der Waals surface area contributed by atoms with E-state index in [1.165, 1.54) is 10.5 Å². The molecule has 2 saturated carbocycles. The van der Waals surface area contributed by atoms with Gasteiger partial charge in [0.25, 0.3) is 0 Å². The fourth-order valence-electron chi connectivity index (χ4n) is 7.21. The number of aromatic hydroxyl groups is 1. The van der Waals surface area contributed by atoms with Gasteiger partial charge in [-0.2, -0.15) is 0 Å². The Kier molecular flexibility index (Phi) is 6.94. The van der Waals surface area contributed by atoms with Crippen molar-refractivity contribution in [3.05, 3.63) is 46.2 Å². The summed E-state index contributed by atoms with van der Waals surface area (Å²) in [6.07, 6.45) is 5.08. The number of nitrogens with two attached hydrogens (primary N) is 1. The molecule has 5 N–H and O–H groups in total. The molecule has 0 saturated heterocycles. The maximum atomic E-state index is 14.1. The van der Waals surface area contributed by atoms with Crippen LogP contribution in [0.2, 0.25) is 0 Å². The normalized spacial score (nSPS) is 30.9. The molecule has 0 heterocycles. The number of ketones is 4. The van der Waals surface area contributed by atoms with Crippen molar-refractivity contribution in [3.8, 4) is 5.75 Å². The number of allylic oxidation sites excluding steroid dienone is 3. The number of aliphatic hydroxyl groups is 1. The number of phenolic OH excluding ortho intramolecular Hbond substituents is 1. The quantitative estimate of drug-likeness (QED) is 0.351. The van der Waals surface area contributed by atoms with Gasteiger partial charge in [-0.15, -0.1) is 0 Å². The third-order valence-electron chi connectivity index (χ3n) is 9.13. The van der Waals surface area contributed by atoms with E-state index in [0.717, 1.165) is 12.1 Å². The highest BCUT2D eigenvalue weighted by molar-refractivity contribution is 6.32. The van der Waals surface area contributed by atoms with Crippen molar-refractivity contribution in [3.63, 3.8) is 0 Å². The monoisotopic (exact) mass is 564 g/mol. The highest BCUT2D eigenvalue weighted by atomic mass is 16.3. The predicted molar refractivity (Wildman–Crippen MR) is 149 cm³/mol. The first-order valence-electron chi connectivity index (χ1n) is 13.7. The number of hydrogen-bond acceptors (Lipinski definition) is 10. The molecular formula is C30H36N4O7. The minimum atomic E-state index is -2.74. The van der Waals surface area contributed by atoms with Crippen LogP contribution >= 0.6 is 0 Å². The minimum Gasteiger partial charge on any atom is -0.507 e. The van der Waals surface area contributed by atoms with Gasteiger partial charge in [-0.1, -0.05) is 11.6 Å². The second-order valence-corrected chi connectivity index (χ2v) is 12.1. The highest BCUT2D eigenvalue weighted by Gasteiger charge is 2.69. The van der Waals surface area contributed by atoms with Crippen molar-refractivity contribution in [2.45, 2.75) is 44.4 Å². The van der Waals surface area contributed by atoms with Gasteiger partial charge in [0.05, 0.1) is 17.5 Å². The highest BCUT2D eigenvalue weighted by Crippen LogP contribution is 2.52. The maximum Gasteiger partial charge on any atom is 0.235 e. The maximum absolute atomic E-state index is 14.1. The number of carbonyl (C=O) groups excluding carboxylic acids is 5. The molecule has 0 spiro atoms. The van der Waals surface area contributed by atoms with E-state index in [9.17, 15) is 34.2 Å². The van der Waals surface area contributed by atoms with E-state index in [-0.39, 0.29) is 30.7 Å². The zero-order chi connectivity index (χ0) is 30.1. The summed E-state index contributed by atoms with van der Waals surface area (Å²) in [4.78, 5) is 70.3. The Morgan fingerprint density at radius 1 is 1.15 bits per heavy atom. The molecule has 1 aromatic carbocycles. The molecule has 4 aliphatic rings. The summed E-state index contributed by atoms with van der Waals surface area (Å²) in [6, 6.07) is 0.685. The zero-order valence-electron chi connectivity index (χ0n) is 23.9. The van der Waals surface area contributed by atoms with Gasteiger partial charge in [-0.05, 0) is 63.9 Å². The summed E-state index contributed by atoms with van der Waals surface area (Å²) in [6.45, 7) is 2.24. The number of hydrogen-bond donors (Lipinski definition) is 4. The number of nitrogens with one attached hydrogen (secondary N) is 1. The number of fused-ring (bicyclic) bond motifs is 3. The first-order valence-corrected chi connectivity index (χ1v) is 13.7. The summed E-state index contributed by atoms with van der Waals surface area (Å²) in [5, 5.41) is 26.4. The second-order valence-electron chi connectivity index (χ2n) is 12.1. The van der Waals surface area contributed by atoms with Crippen LogP contribution in [0.15, 0.2) is 29.5 Å². The number of Topliss-reactive ketones (excluding diaryl/α,β-unsaturated/α-hetero) is 4. The number of likely N-dealkylation sites (N-methyl/N-ethyl adjacent to an activating group) is 1. The standard InChI is InChI=1S/C30H36N4O7/c1-13-6-7-16(8-13)32-12-15-11-19(33(2)3)17-9-14-10-18-23(34(4)5)26(37)22(29(31)40)28(39)30(18,41)27(38)20(14)25(36)21(17)24(15)35/h7-8,11,14,18,20,22-23,32,35,41H,6,9-10,12H2,1-5H3,(H2,31,40)/t14-,18-,20?,22?,23?,30-/m1/s1. The van der Waals surface area contributed by atoms with Crippen LogP contribution in [-0.2, 0) is 32.1 Å². The van der Waals surface area contributed by atoms with Gasteiger partial charge < -0.3 is 26.2 Å². The van der Waals surface area contributed by atoms with Gasteiger partial charge in [-0.25, -0.2) is 0 Å². The van der Waals surface area contributed by atoms with Crippen LogP contribution in [0.25, 0.3) is 0 Å². The first-order chi connectivity index (χ1) is 19.2. The van der Waals surface area contributed by atoms with Crippen LogP contribution in [0.1, 0.15) is 41.3 Å². The van der Waals surface area contributed by atoms with Gasteiger partial charge >= 0.3 is 0 Å². The van der Waals surface area contributed by atoms with E-state index in [0.29, 0.717) is 16.8 Å². The van der Waals surface area contributed by atoms with E-state index < -0.39 is 64.4 Å². The molecule has 0 bridgehead atoms. The Morgan fingerprint density at radius 2 is 1.83 bits per heavy atom. The number of amides is 1. The summed E-state index contributed by atoms with van der Waals surface area (Å²) in [5.41, 5.74) is 6.46. The number of phenols is 1. The molecule has 4 aliphatic carbocycles. The first kappa shape index (κ1) is 28.7. The van der Waals surface area contributed by atoms with Crippen LogP contribution in [0.3, 0.4) is 0 Å². The van der Waals surface area contributed by atoms with Crippen molar-refractivity contribution in [2.24, 2.45) is 29.4 Å². The van der Waals surface area contributed by atoms with Crippen molar-refractivity contribution in [1.82, 2.24) is 10.2 Å². The van der Waals surface area contributed by atoms with Crippen molar-refractivity contribution < 1.29 is 34.2 Å². The lowest BCUT2D eigenvalue weighted by molar-refractivity contribution is -0.181. The van der Waals surface area contributed by atoms with Crippen molar-refractivity contribution in [1.29, 1.82) is 0 Å². The Labute approximate surface area is 238 Å². The number of benzene rings is 1. The molecule has 11 heteroatoms. The molecule has 6 atom stereocenters. The van der Waals surface area contributed by atoms with Gasteiger partial charge in [0.2, 0.25) is 5.91 Å². The topological polar surface area (TPSA) is 170 Å². The average molecular weight is 565 g/mol. The second kappa shape index (κ2) is 9.92. The third kappa shape index (κ3) is 4.21. The third-order valence-corrected chi connectivity index (χ3v) is 9.13. The molecule has 2 fully saturated rings. The Balaban J connectivity index is 1.59. The van der Waals surface area contributed by atoms with Crippen LogP contribution < -0.4 is 16.0 Å². The molecule has 218 valence electrons. The molecule has 1 aromatic rings. The van der Waals surface area contributed by atoms with E-state index in [4.69, 9.17) is 5.73 Å². The number of nitrogens with zero attached hydrogens (tertiary/aromatic N) is 2. The molecular weight excluding hydrogens is 528 g/mol. The lowest BCUT2D eigenvalue weighted by Crippen LogP contribution is -2.74. The molecule has 0 aromatic heterocycles. The molecule has 1 amide bonds. The molecule has 0 aliphatic heterocycles. The van der Waals surface area contributed by atoms with Gasteiger partial charge in [0.1, 0.15) is 5.75 Å². The number of carbonyl (C=O) groups is 5. The average Bonchev–Trinajstić information content (AvgIpc) is 3.30. The lowest BCUT2D eigenvalue weighted by atomic mass is 9.52. The predicted octanol–water partition coefficient (Wildman–Crippen LogP) is 0.257. The number of rotatable bonds is 6. The van der Waals surface area contributed by atoms with Crippen LogP contribution in [-0.4, -0.2) is 84.0 Å². The summed E-state index contributed by atoms with van der Waals surface area (Å²) >= 11 is 0. The van der Waals surface area contributed by atoms with E-state index in [2.05, 4.69) is 5.32 Å². The van der Waals surface area contributed by atoms with Crippen LogP contribution in [0.5, 0.6) is 5.75 Å². The van der Waals surface area contributed by atoms with Crippen LogP contribution in [0.4, 0.5) is 5.69 Å². The molecule has 5 rings (SSSR count). The summed E-state index contributed by atoms with van der Waals surface area (Å²) in [7, 11) is 6.76. The van der Waals surface area contributed by atoms with E-state index >= 15 is 0 Å². The largest absolute Gasteiger partial charge is 0.507 e. The van der Waals surface area contributed by atoms with E-state index in [1.807, 2.05) is 44.1 Å². The van der Waals surface area contributed by atoms with E-state index in [1.54, 1.807) is 14.1 Å². The van der Waals surface area contributed by atoms with Crippen molar-refractivity contribution in [2.75, 3.05) is 33.1 Å². The molecule has 41 heavy (non-hydrogen) atoms. The molecule has 3 unspecified atom stereocenters. The fourth-order valence-corrected chi connectivity index (χ4v) is 7.21. The number of anilines is 1. The Bertz CT molecular complexity index is 1460. The minimum absolute atomic E-state index is 0.00767. The summed E-state index contributed by atoms with van der Waals surface area (Å²) in [5.74, 6) is -10.5. The number of primary amides is 1. The molecule has 0 radical (unpaired) electrons. The lowest BCUT2D eigenvalue weighted by Gasteiger charge is -2.52. The van der Waals surface area contributed by atoms with Gasteiger partial charge in [-0.3, -0.25) is 28.9 Å². The Morgan fingerprint density at radius 3 is 2.39 bits per heavy atom. The van der Waals surface area contributed by atoms with Crippen molar-refractivity contribution >= 4 is 34.7 Å². The fraction of sp³-hybridized carbons (Fsp3) is 0.500. The molecule has 11 nitrogen and oxygen atoms in total. The summed E-state index contributed by atoms with van der Waals surface area (Å²) < 4.78 is 0. The Hall–Kier alpha value is -3.83. The van der Waals surface area contributed by atoms with Gasteiger partial charge in [0.15, 0.2) is 34.7 Å². The SMILES string of the molecule is CC1=CC(NCc2cc(N(C)C)c3c(c2O)C(=O)C2C(=O)[C@@]4(O)C(=O)C(C(N)=O)C(=O)C(N(C)C)[C@H]4C[C@H]2C3)=CC1. The van der Waals surface area contributed by atoms with Gasteiger partial charge in [0, 0.05) is 43.5 Å². The zero-order valence-corrected chi connectivity index (χ0v) is 23.9.